The Morgan fingerprint density at radius 1 is 1.32 bits per heavy atom. The molecule has 1 heterocycles. The lowest BCUT2D eigenvalue weighted by atomic mass is 10.3. The maximum atomic E-state index is 9.68. The summed E-state index contributed by atoms with van der Waals surface area (Å²) in [5.41, 5.74) is 0. The van der Waals surface area contributed by atoms with Gasteiger partial charge in [0.25, 0.3) is 0 Å². The third-order valence-corrected chi connectivity index (χ3v) is 1.59. The Kier molecular flexibility index (Phi) is 12.6. The van der Waals surface area contributed by atoms with Gasteiger partial charge in [-0.05, 0) is 19.8 Å². The van der Waals surface area contributed by atoms with Crippen LogP contribution in [0.2, 0.25) is 0 Å². The number of aromatic amines is 1. The summed E-state index contributed by atoms with van der Waals surface area (Å²) in [6.07, 6.45) is 0.116. The fraction of sp³-hybridized carbons (Fsp3) is 0.700. The summed E-state index contributed by atoms with van der Waals surface area (Å²) in [6, 6.07) is 0. The molecule has 9 heteroatoms. The maximum Gasteiger partial charge on any atom is 0.332 e. The van der Waals surface area contributed by atoms with E-state index in [1.807, 2.05) is 6.92 Å². The number of hydrogen-bond donors (Lipinski definition) is 4. The van der Waals surface area contributed by atoms with Crippen molar-refractivity contribution < 1.29 is 24.9 Å². The molecular formula is C10H20N4O5. The number of carbonyl (C=O) groups is 2. The Morgan fingerprint density at radius 3 is 1.95 bits per heavy atom. The number of aliphatic carboxylic acids is 2. The van der Waals surface area contributed by atoms with Gasteiger partial charge < -0.3 is 15.3 Å². The molecule has 0 aromatic carbocycles. The smallest absolute Gasteiger partial charge is 0.332 e. The van der Waals surface area contributed by atoms with E-state index in [0.29, 0.717) is 12.2 Å². The summed E-state index contributed by atoms with van der Waals surface area (Å²) >= 11 is 0. The van der Waals surface area contributed by atoms with Gasteiger partial charge in [-0.2, -0.15) is 5.21 Å². The van der Waals surface area contributed by atoms with Crippen LogP contribution >= 0.6 is 0 Å². The highest BCUT2D eigenvalue weighted by Gasteiger charge is 2.07. The zero-order valence-corrected chi connectivity index (χ0v) is 11.2. The molecule has 0 aliphatic rings. The molecule has 1 atom stereocenters. The first-order valence-corrected chi connectivity index (χ1v) is 5.67. The van der Waals surface area contributed by atoms with Gasteiger partial charge >= 0.3 is 11.9 Å². The lowest BCUT2D eigenvalue weighted by molar-refractivity contribution is -0.146. The van der Waals surface area contributed by atoms with Crippen LogP contribution < -0.4 is 0 Å². The Morgan fingerprint density at radius 2 is 1.89 bits per heavy atom. The topological polar surface area (TPSA) is 149 Å². The summed E-state index contributed by atoms with van der Waals surface area (Å²) < 4.78 is 0. The molecule has 19 heavy (non-hydrogen) atoms. The number of hydrogen-bond acceptors (Lipinski definition) is 6. The lowest BCUT2D eigenvalue weighted by Crippen LogP contribution is -2.17. The number of aliphatic hydroxyl groups excluding tert-OH is 1. The van der Waals surface area contributed by atoms with Gasteiger partial charge in [0, 0.05) is 6.42 Å². The van der Waals surface area contributed by atoms with E-state index in [9.17, 15) is 9.59 Å². The minimum absolute atomic E-state index is 0.273. The van der Waals surface area contributed by atoms with Gasteiger partial charge in [-0.3, -0.25) is 4.79 Å². The van der Waals surface area contributed by atoms with Crippen molar-refractivity contribution in [1.82, 2.24) is 20.6 Å². The molecule has 1 rings (SSSR count). The van der Waals surface area contributed by atoms with Gasteiger partial charge in [-0.1, -0.05) is 19.1 Å². The first-order valence-electron chi connectivity index (χ1n) is 5.67. The predicted octanol–water partition coefficient (Wildman–Crippen LogP) is 0.221. The Bertz CT molecular complexity index is 342. The fourth-order valence-corrected chi connectivity index (χ4v) is 0.600. The number of nitrogens with one attached hydrogen (secondary N) is 1. The first-order chi connectivity index (χ1) is 8.84. The molecule has 110 valence electrons. The van der Waals surface area contributed by atoms with Crippen LogP contribution in [0.1, 0.15) is 38.9 Å². The van der Waals surface area contributed by atoms with Crippen LogP contribution in [-0.4, -0.2) is 54.0 Å². The first kappa shape index (κ1) is 19.3. The largest absolute Gasteiger partial charge is 0.481 e. The van der Waals surface area contributed by atoms with Gasteiger partial charge in [0.15, 0.2) is 11.9 Å². The molecule has 0 amide bonds. The number of rotatable bonds is 4. The molecule has 0 aliphatic carbocycles. The van der Waals surface area contributed by atoms with Crippen LogP contribution in [0.4, 0.5) is 0 Å². The Labute approximate surface area is 110 Å². The lowest BCUT2D eigenvalue weighted by Gasteiger charge is -1.95. The minimum Gasteiger partial charge on any atom is -0.481 e. The van der Waals surface area contributed by atoms with Crippen LogP contribution in [-0.2, 0) is 9.59 Å². The summed E-state index contributed by atoms with van der Waals surface area (Å²) in [6.45, 7) is 5.22. The molecule has 0 saturated carbocycles. The van der Waals surface area contributed by atoms with E-state index in [-0.39, 0.29) is 6.42 Å². The van der Waals surface area contributed by atoms with Crippen LogP contribution in [0, 0.1) is 6.92 Å². The SMILES string of the molecule is CCCC(=O)O.CC[C@@H](O)C(=O)O.Cc1nn[nH]n1. The van der Waals surface area contributed by atoms with Crippen molar-refractivity contribution in [3.63, 3.8) is 0 Å². The number of carboxylic acids is 2. The van der Waals surface area contributed by atoms with E-state index < -0.39 is 18.0 Å². The second kappa shape index (κ2) is 12.4. The van der Waals surface area contributed by atoms with E-state index in [4.69, 9.17) is 15.3 Å². The molecule has 0 unspecified atom stereocenters. The third kappa shape index (κ3) is 16.0. The Balaban J connectivity index is 0. The number of nitrogens with zero attached hydrogens (tertiary/aromatic N) is 3. The number of aromatic nitrogens is 4. The molecule has 9 nitrogen and oxygen atoms in total. The molecule has 0 radical (unpaired) electrons. The minimum atomic E-state index is -1.18. The van der Waals surface area contributed by atoms with Crippen molar-refractivity contribution in [1.29, 1.82) is 0 Å². The molecule has 1 aromatic rings. The number of carboxylic acid groups (broad SMARTS) is 2. The van der Waals surface area contributed by atoms with Crippen molar-refractivity contribution in [2.75, 3.05) is 0 Å². The number of aliphatic hydroxyl groups is 1. The number of aryl methyl sites for hydroxylation is 1. The highest BCUT2D eigenvalue weighted by atomic mass is 16.4. The van der Waals surface area contributed by atoms with Crippen molar-refractivity contribution >= 4 is 11.9 Å². The average molecular weight is 276 g/mol. The molecular weight excluding hydrogens is 256 g/mol. The standard InChI is InChI=1S/C4H8O3.C4H8O2.C2H4N4/c1-2-3(5)4(6)7;1-2-3-4(5)6;1-2-3-5-6-4-2/h3,5H,2H2,1H3,(H,6,7);2-3H2,1H3,(H,5,6);1H3,(H,3,4,5,6)/t3-;;/m1../s1. The van der Waals surface area contributed by atoms with Crippen molar-refractivity contribution in [2.24, 2.45) is 0 Å². The summed E-state index contributed by atoms with van der Waals surface area (Å²) in [7, 11) is 0. The Hall–Kier alpha value is -2.03. The predicted molar refractivity (Wildman–Crippen MR) is 65.4 cm³/mol. The molecule has 0 bridgehead atoms. The van der Waals surface area contributed by atoms with E-state index in [0.717, 1.165) is 6.42 Å². The molecule has 0 spiro atoms. The quantitative estimate of drug-likeness (QED) is 0.610. The summed E-state index contributed by atoms with van der Waals surface area (Å²) in [5, 5.41) is 36.9. The highest BCUT2D eigenvalue weighted by Crippen LogP contribution is 1.86. The maximum absolute atomic E-state index is 9.68. The van der Waals surface area contributed by atoms with Gasteiger partial charge in [-0.25, -0.2) is 4.79 Å². The monoisotopic (exact) mass is 276 g/mol. The van der Waals surface area contributed by atoms with E-state index >= 15 is 0 Å². The van der Waals surface area contributed by atoms with E-state index in [1.54, 1.807) is 13.8 Å². The zero-order valence-electron chi connectivity index (χ0n) is 11.2. The van der Waals surface area contributed by atoms with Gasteiger partial charge in [0.2, 0.25) is 0 Å². The van der Waals surface area contributed by atoms with Crippen molar-refractivity contribution in [3.05, 3.63) is 5.82 Å². The van der Waals surface area contributed by atoms with E-state index in [1.165, 1.54) is 0 Å². The molecule has 4 N–H and O–H groups in total. The second-order valence-corrected chi connectivity index (χ2v) is 3.37. The van der Waals surface area contributed by atoms with Gasteiger partial charge in [0.1, 0.15) is 0 Å². The van der Waals surface area contributed by atoms with Crippen LogP contribution in [0.3, 0.4) is 0 Å². The number of H-pyrrole nitrogens is 1. The van der Waals surface area contributed by atoms with Crippen molar-refractivity contribution in [3.8, 4) is 0 Å². The van der Waals surface area contributed by atoms with Gasteiger partial charge in [-0.15, -0.1) is 10.2 Å². The number of tetrazole rings is 1. The average Bonchev–Trinajstić information content (AvgIpc) is 2.80. The summed E-state index contributed by atoms with van der Waals surface area (Å²) in [4.78, 5) is 19.3. The van der Waals surface area contributed by atoms with Crippen molar-refractivity contribution in [2.45, 2.75) is 46.1 Å². The van der Waals surface area contributed by atoms with Crippen LogP contribution in [0.15, 0.2) is 0 Å². The zero-order chi connectivity index (χ0) is 15.3. The normalized spacial score (nSPS) is 10.3. The molecule has 0 fully saturated rings. The third-order valence-electron chi connectivity index (χ3n) is 1.59. The molecule has 0 saturated heterocycles. The molecule has 0 aliphatic heterocycles. The van der Waals surface area contributed by atoms with Gasteiger partial charge in [0.05, 0.1) is 0 Å². The second-order valence-electron chi connectivity index (χ2n) is 3.37. The van der Waals surface area contributed by atoms with Crippen LogP contribution in [0.25, 0.3) is 0 Å². The highest BCUT2D eigenvalue weighted by molar-refractivity contribution is 5.71. The summed E-state index contributed by atoms with van der Waals surface area (Å²) in [5.74, 6) is -1.19. The van der Waals surface area contributed by atoms with Crippen LogP contribution in [0.5, 0.6) is 0 Å². The fourth-order valence-electron chi connectivity index (χ4n) is 0.600. The van der Waals surface area contributed by atoms with E-state index in [2.05, 4.69) is 20.6 Å². The molecule has 1 aromatic heterocycles.